The Labute approximate surface area is 103 Å². The van der Waals surface area contributed by atoms with Crippen molar-refractivity contribution < 1.29 is 9.47 Å². The molecule has 0 aromatic heterocycles. The van der Waals surface area contributed by atoms with Crippen LogP contribution in [0.1, 0.15) is 19.4 Å². The SMILES string of the molecule is CCOc1cc(C)ccc1NCC1(C)COC1. The van der Waals surface area contributed by atoms with Crippen LogP contribution < -0.4 is 10.1 Å². The lowest BCUT2D eigenvalue weighted by atomic mass is 9.88. The van der Waals surface area contributed by atoms with Gasteiger partial charge < -0.3 is 14.8 Å². The van der Waals surface area contributed by atoms with Gasteiger partial charge in [0.15, 0.2) is 0 Å². The highest BCUT2D eigenvalue weighted by Gasteiger charge is 2.33. The molecule has 0 radical (unpaired) electrons. The van der Waals surface area contributed by atoms with Crippen molar-refractivity contribution in [1.29, 1.82) is 0 Å². The van der Waals surface area contributed by atoms with Crippen LogP contribution in [0, 0.1) is 12.3 Å². The maximum Gasteiger partial charge on any atom is 0.142 e. The largest absolute Gasteiger partial charge is 0.492 e. The second-order valence-electron chi connectivity index (χ2n) is 5.09. The summed E-state index contributed by atoms with van der Waals surface area (Å²) in [5.41, 5.74) is 2.57. The molecule has 1 aromatic carbocycles. The Morgan fingerprint density at radius 2 is 2.18 bits per heavy atom. The molecule has 94 valence electrons. The number of rotatable bonds is 5. The standard InChI is InChI=1S/C14H21NO2/c1-4-17-13-7-11(2)5-6-12(13)15-8-14(3)9-16-10-14/h5-7,15H,4,8-10H2,1-3H3. The second kappa shape index (κ2) is 4.96. The van der Waals surface area contributed by atoms with Crippen LogP contribution >= 0.6 is 0 Å². The molecule has 1 heterocycles. The average molecular weight is 235 g/mol. The second-order valence-corrected chi connectivity index (χ2v) is 5.09. The fourth-order valence-electron chi connectivity index (χ4n) is 1.91. The Hall–Kier alpha value is -1.22. The lowest BCUT2D eigenvalue weighted by molar-refractivity contribution is -0.0924. The Bertz CT molecular complexity index is 386. The van der Waals surface area contributed by atoms with Gasteiger partial charge in [-0.25, -0.2) is 0 Å². The summed E-state index contributed by atoms with van der Waals surface area (Å²) in [7, 11) is 0. The fourth-order valence-corrected chi connectivity index (χ4v) is 1.91. The minimum atomic E-state index is 0.272. The monoisotopic (exact) mass is 235 g/mol. The van der Waals surface area contributed by atoms with E-state index in [0.717, 1.165) is 31.2 Å². The summed E-state index contributed by atoms with van der Waals surface area (Å²) in [5, 5.41) is 3.46. The smallest absolute Gasteiger partial charge is 0.142 e. The molecular formula is C14H21NO2. The van der Waals surface area contributed by atoms with Crippen molar-refractivity contribution in [3.8, 4) is 5.75 Å². The summed E-state index contributed by atoms with van der Waals surface area (Å²) in [6, 6.07) is 6.26. The van der Waals surface area contributed by atoms with Crippen molar-refractivity contribution in [3.63, 3.8) is 0 Å². The number of anilines is 1. The van der Waals surface area contributed by atoms with Crippen molar-refractivity contribution in [2.45, 2.75) is 20.8 Å². The summed E-state index contributed by atoms with van der Waals surface area (Å²) >= 11 is 0. The third-order valence-corrected chi connectivity index (χ3v) is 3.04. The fraction of sp³-hybridized carbons (Fsp3) is 0.571. The molecule has 0 saturated carbocycles. The van der Waals surface area contributed by atoms with Gasteiger partial charge in [0.05, 0.1) is 25.5 Å². The Morgan fingerprint density at radius 1 is 1.41 bits per heavy atom. The lowest BCUT2D eigenvalue weighted by Gasteiger charge is -2.38. The molecule has 2 rings (SSSR count). The summed E-state index contributed by atoms with van der Waals surface area (Å²) in [4.78, 5) is 0. The van der Waals surface area contributed by atoms with E-state index in [1.807, 2.05) is 6.92 Å². The molecule has 1 N–H and O–H groups in total. The van der Waals surface area contributed by atoms with Gasteiger partial charge in [-0.1, -0.05) is 13.0 Å². The Kier molecular flexibility index (Phi) is 3.57. The molecule has 0 amide bonds. The predicted molar refractivity (Wildman–Crippen MR) is 69.8 cm³/mol. The molecule has 1 aliphatic heterocycles. The minimum Gasteiger partial charge on any atom is -0.492 e. The topological polar surface area (TPSA) is 30.5 Å². The molecule has 0 bridgehead atoms. The molecule has 1 aromatic rings. The maximum absolute atomic E-state index is 5.64. The van der Waals surface area contributed by atoms with Gasteiger partial charge in [-0.3, -0.25) is 0 Å². The van der Waals surface area contributed by atoms with Crippen LogP contribution in [0.3, 0.4) is 0 Å². The van der Waals surface area contributed by atoms with E-state index >= 15 is 0 Å². The van der Waals surface area contributed by atoms with Crippen LogP contribution in [-0.4, -0.2) is 26.4 Å². The highest BCUT2D eigenvalue weighted by Crippen LogP contribution is 2.30. The van der Waals surface area contributed by atoms with Gasteiger partial charge in [-0.05, 0) is 31.5 Å². The first kappa shape index (κ1) is 12.2. The van der Waals surface area contributed by atoms with Crippen LogP contribution in [0.5, 0.6) is 5.75 Å². The lowest BCUT2D eigenvalue weighted by Crippen LogP contribution is -2.45. The van der Waals surface area contributed by atoms with Crippen LogP contribution in [0.4, 0.5) is 5.69 Å². The molecule has 1 fully saturated rings. The number of aryl methyl sites for hydroxylation is 1. The summed E-state index contributed by atoms with van der Waals surface area (Å²) in [5.74, 6) is 0.941. The number of benzene rings is 1. The maximum atomic E-state index is 5.64. The molecule has 3 nitrogen and oxygen atoms in total. The van der Waals surface area contributed by atoms with Crippen molar-refractivity contribution in [1.82, 2.24) is 0 Å². The van der Waals surface area contributed by atoms with Gasteiger partial charge in [0.2, 0.25) is 0 Å². The van der Waals surface area contributed by atoms with Crippen molar-refractivity contribution in [2.75, 3.05) is 31.7 Å². The molecule has 0 unspecified atom stereocenters. The van der Waals surface area contributed by atoms with E-state index in [1.165, 1.54) is 5.56 Å². The van der Waals surface area contributed by atoms with Gasteiger partial charge in [-0.15, -0.1) is 0 Å². The first-order chi connectivity index (χ1) is 8.13. The van der Waals surface area contributed by atoms with E-state index in [2.05, 4.69) is 37.4 Å². The number of ether oxygens (including phenoxy) is 2. The van der Waals surface area contributed by atoms with Gasteiger partial charge in [0.25, 0.3) is 0 Å². The average Bonchev–Trinajstić information content (AvgIpc) is 2.26. The highest BCUT2D eigenvalue weighted by atomic mass is 16.5. The summed E-state index contributed by atoms with van der Waals surface area (Å²) < 4.78 is 10.9. The molecular weight excluding hydrogens is 214 g/mol. The minimum absolute atomic E-state index is 0.272. The van der Waals surface area contributed by atoms with Crippen LogP contribution in [0.2, 0.25) is 0 Å². The van der Waals surface area contributed by atoms with Crippen LogP contribution in [0.25, 0.3) is 0 Å². The zero-order valence-corrected chi connectivity index (χ0v) is 10.9. The van der Waals surface area contributed by atoms with Crippen LogP contribution in [-0.2, 0) is 4.74 Å². The first-order valence-corrected chi connectivity index (χ1v) is 6.18. The quantitative estimate of drug-likeness (QED) is 0.851. The van der Waals surface area contributed by atoms with E-state index < -0.39 is 0 Å². The number of hydrogen-bond acceptors (Lipinski definition) is 3. The summed E-state index contributed by atoms with van der Waals surface area (Å²) in [6.45, 7) is 9.62. The molecule has 1 saturated heterocycles. The Morgan fingerprint density at radius 3 is 2.76 bits per heavy atom. The van der Waals surface area contributed by atoms with E-state index in [0.29, 0.717) is 6.61 Å². The Balaban J connectivity index is 2.03. The number of hydrogen-bond donors (Lipinski definition) is 1. The van der Waals surface area contributed by atoms with Gasteiger partial charge in [0.1, 0.15) is 5.75 Å². The van der Waals surface area contributed by atoms with Gasteiger partial charge >= 0.3 is 0 Å². The first-order valence-electron chi connectivity index (χ1n) is 6.18. The zero-order valence-electron chi connectivity index (χ0n) is 10.9. The third kappa shape index (κ3) is 2.91. The van der Waals surface area contributed by atoms with E-state index in [-0.39, 0.29) is 5.41 Å². The normalized spacial score (nSPS) is 17.4. The zero-order chi connectivity index (χ0) is 12.3. The highest BCUT2D eigenvalue weighted by molar-refractivity contribution is 5.57. The predicted octanol–water partition coefficient (Wildman–Crippen LogP) is 2.84. The molecule has 3 heteroatoms. The third-order valence-electron chi connectivity index (χ3n) is 3.04. The van der Waals surface area contributed by atoms with Crippen molar-refractivity contribution >= 4 is 5.69 Å². The summed E-state index contributed by atoms with van der Waals surface area (Å²) in [6.07, 6.45) is 0. The molecule has 0 spiro atoms. The van der Waals surface area contributed by atoms with E-state index in [1.54, 1.807) is 0 Å². The van der Waals surface area contributed by atoms with Crippen LogP contribution in [0.15, 0.2) is 18.2 Å². The van der Waals surface area contributed by atoms with E-state index in [9.17, 15) is 0 Å². The van der Waals surface area contributed by atoms with Crippen molar-refractivity contribution in [3.05, 3.63) is 23.8 Å². The molecule has 0 atom stereocenters. The van der Waals surface area contributed by atoms with Crippen molar-refractivity contribution in [2.24, 2.45) is 5.41 Å². The van der Waals surface area contributed by atoms with E-state index in [4.69, 9.17) is 9.47 Å². The van der Waals surface area contributed by atoms with Gasteiger partial charge in [0, 0.05) is 12.0 Å². The number of nitrogens with one attached hydrogen (secondary N) is 1. The molecule has 17 heavy (non-hydrogen) atoms. The molecule has 1 aliphatic rings. The molecule has 0 aliphatic carbocycles. The van der Waals surface area contributed by atoms with Gasteiger partial charge in [-0.2, -0.15) is 0 Å².